The molecule has 0 aromatic heterocycles. The Kier molecular flexibility index (Phi) is 6.28. The molecule has 0 N–H and O–H groups in total. The number of fused-ring (bicyclic) bond motifs is 1. The first-order chi connectivity index (χ1) is 12.7. The number of ether oxygens (including phenoxy) is 5. The van der Waals surface area contributed by atoms with Gasteiger partial charge in [-0.25, -0.2) is 4.79 Å². The van der Waals surface area contributed by atoms with E-state index in [-0.39, 0.29) is 11.5 Å². The summed E-state index contributed by atoms with van der Waals surface area (Å²) >= 11 is 0. The molecule has 162 valence electrons. The Hall–Kier alpha value is -0.773. The van der Waals surface area contributed by atoms with Crippen LogP contribution in [0, 0.1) is 0 Å². The fraction of sp³-hybridized carbons (Fsp3) is 0.850. The lowest BCUT2D eigenvalue weighted by Crippen LogP contribution is -2.67. The Bertz CT molecular complexity index is 629. The van der Waals surface area contributed by atoms with Crippen molar-refractivity contribution in [1.29, 1.82) is 0 Å². The number of esters is 1. The van der Waals surface area contributed by atoms with Crippen molar-refractivity contribution in [2.24, 2.45) is 0 Å². The van der Waals surface area contributed by atoms with E-state index in [1.807, 2.05) is 6.08 Å². The molecule has 0 radical (unpaired) electrons. The molecule has 1 heterocycles. The van der Waals surface area contributed by atoms with Gasteiger partial charge in [0.05, 0.1) is 13.2 Å². The first kappa shape index (κ1) is 23.5. The van der Waals surface area contributed by atoms with Gasteiger partial charge < -0.3 is 28.1 Å². The molecule has 1 fully saturated rings. The highest BCUT2D eigenvalue weighted by atomic mass is 28.4. The zero-order valence-electron chi connectivity index (χ0n) is 18.9. The van der Waals surface area contributed by atoms with Crippen molar-refractivity contribution in [3.05, 3.63) is 12.2 Å². The van der Waals surface area contributed by atoms with E-state index in [4.69, 9.17) is 28.1 Å². The monoisotopic (exact) mass is 416 g/mol. The first-order valence-corrected chi connectivity index (χ1v) is 12.5. The molecule has 0 amide bonds. The van der Waals surface area contributed by atoms with E-state index < -0.39 is 43.7 Å². The predicted octanol–water partition coefficient (Wildman–Crippen LogP) is 3.39. The summed E-state index contributed by atoms with van der Waals surface area (Å²) in [5.41, 5.74) is -1.22. The topological polar surface area (TPSA) is 72.5 Å². The SMILES string of the molecule is COC(=O)[C@]1(O[Si](C)(C)C(C)(C)C)C=C[C@H]2O[C@](C)(OC)[C@@](C)(OC)O[C@@H]2C1. The third-order valence-corrected chi connectivity index (χ3v) is 11.0. The van der Waals surface area contributed by atoms with Gasteiger partial charge in [-0.3, -0.25) is 0 Å². The molecule has 5 atom stereocenters. The molecule has 0 spiro atoms. The molecule has 2 aliphatic rings. The van der Waals surface area contributed by atoms with E-state index in [0.717, 1.165) is 0 Å². The lowest BCUT2D eigenvalue weighted by molar-refractivity contribution is -0.445. The number of hydrogen-bond donors (Lipinski definition) is 0. The molecule has 0 bridgehead atoms. The summed E-state index contributed by atoms with van der Waals surface area (Å²) in [5, 5.41) is -0.0711. The average Bonchev–Trinajstić information content (AvgIpc) is 2.60. The zero-order chi connectivity index (χ0) is 21.6. The van der Waals surface area contributed by atoms with Crippen LogP contribution in [0.15, 0.2) is 12.2 Å². The number of methoxy groups -OCH3 is 3. The Morgan fingerprint density at radius 1 is 1.07 bits per heavy atom. The van der Waals surface area contributed by atoms with Gasteiger partial charge in [-0.15, -0.1) is 0 Å². The largest absolute Gasteiger partial charge is 0.467 e. The van der Waals surface area contributed by atoms with E-state index in [1.54, 1.807) is 34.1 Å². The summed E-state index contributed by atoms with van der Waals surface area (Å²) in [7, 11) is 2.18. The lowest BCUT2D eigenvalue weighted by Gasteiger charge is -2.54. The van der Waals surface area contributed by atoms with Gasteiger partial charge in [0.1, 0.15) is 6.10 Å². The second-order valence-electron chi connectivity index (χ2n) is 9.35. The highest BCUT2D eigenvalue weighted by molar-refractivity contribution is 6.74. The van der Waals surface area contributed by atoms with Gasteiger partial charge in [0.15, 0.2) is 13.9 Å². The van der Waals surface area contributed by atoms with Crippen molar-refractivity contribution in [3.63, 3.8) is 0 Å². The Balaban J connectivity index is 2.43. The maximum atomic E-state index is 12.9. The van der Waals surface area contributed by atoms with Gasteiger partial charge in [0.25, 0.3) is 0 Å². The second-order valence-corrected chi connectivity index (χ2v) is 14.1. The van der Waals surface area contributed by atoms with Crippen LogP contribution in [0.2, 0.25) is 18.1 Å². The van der Waals surface area contributed by atoms with Gasteiger partial charge in [0.2, 0.25) is 11.6 Å². The summed E-state index contributed by atoms with van der Waals surface area (Å²) in [6.45, 7) is 14.1. The third kappa shape index (κ3) is 3.82. The summed E-state index contributed by atoms with van der Waals surface area (Å²) < 4.78 is 35.3. The smallest absolute Gasteiger partial charge is 0.341 e. The number of carbonyl (C=O) groups excluding carboxylic acids is 1. The van der Waals surface area contributed by atoms with Crippen molar-refractivity contribution in [2.75, 3.05) is 21.3 Å². The Morgan fingerprint density at radius 2 is 1.61 bits per heavy atom. The van der Waals surface area contributed by atoms with Gasteiger partial charge in [-0.2, -0.15) is 0 Å². The fourth-order valence-electron chi connectivity index (χ4n) is 3.36. The van der Waals surface area contributed by atoms with E-state index in [0.29, 0.717) is 0 Å². The molecule has 7 nitrogen and oxygen atoms in total. The van der Waals surface area contributed by atoms with Crippen molar-refractivity contribution >= 4 is 14.3 Å². The predicted molar refractivity (Wildman–Crippen MR) is 107 cm³/mol. The molecule has 0 saturated carbocycles. The quantitative estimate of drug-likeness (QED) is 0.386. The minimum Gasteiger partial charge on any atom is -0.467 e. The number of rotatable bonds is 5. The number of hydrogen-bond acceptors (Lipinski definition) is 7. The van der Waals surface area contributed by atoms with Gasteiger partial charge in [-0.1, -0.05) is 26.8 Å². The van der Waals surface area contributed by atoms with Crippen LogP contribution >= 0.6 is 0 Å². The van der Waals surface area contributed by atoms with Crippen LogP contribution in [0.5, 0.6) is 0 Å². The molecular weight excluding hydrogens is 380 g/mol. The van der Waals surface area contributed by atoms with Crippen molar-refractivity contribution < 1.29 is 32.9 Å². The molecule has 0 aromatic rings. The molecule has 0 aromatic carbocycles. The normalized spacial score (nSPS) is 38.8. The molecule has 8 heteroatoms. The average molecular weight is 417 g/mol. The second kappa shape index (κ2) is 7.48. The minimum atomic E-state index is -2.28. The summed E-state index contributed by atoms with van der Waals surface area (Å²) in [6, 6.07) is 0. The van der Waals surface area contributed by atoms with Crippen LogP contribution in [-0.4, -0.2) is 65.0 Å². The standard InChI is InChI=1S/C20H36O7Si/c1-17(2,3)28(9,10)27-20(16(21)22-6)12-11-14-15(13-20)26-19(5,24-8)18(4,23-7)25-14/h11-12,14-15H,13H2,1-10H3/t14-,15-,18+,19+,20+/m1/s1. The molecule has 0 unspecified atom stereocenters. The molecule has 28 heavy (non-hydrogen) atoms. The van der Waals surface area contributed by atoms with E-state index >= 15 is 0 Å². The van der Waals surface area contributed by atoms with Crippen LogP contribution in [0.1, 0.15) is 41.0 Å². The van der Waals surface area contributed by atoms with Crippen LogP contribution in [-0.2, 0) is 32.9 Å². The van der Waals surface area contributed by atoms with Gasteiger partial charge in [0, 0.05) is 20.6 Å². The van der Waals surface area contributed by atoms with Crippen LogP contribution in [0.25, 0.3) is 0 Å². The molecule has 1 saturated heterocycles. The molecule has 1 aliphatic carbocycles. The summed E-state index contributed by atoms with van der Waals surface area (Å²) in [4.78, 5) is 12.9. The third-order valence-electron chi connectivity index (χ3n) is 6.54. The van der Waals surface area contributed by atoms with Gasteiger partial charge in [-0.05, 0) is 38.1 Å². The maximum absolute atomic E-state index is 12.9. The van der Waals surface area contributed by atoms with Crippen molar-refractivity contribution in [2.45, 2.75) is 88.6 Å². The van der Waals surface area contributed by atoms with Crippen molar-refractivity contribution in [1.82, 2.24) is 0 Å². The highest BCUT2D eigenvalue weighted by Crippen LogP contribution is 2.47. The Morgan fingerprint density at radius 3 is 2.07 bits per heavy atom. The molecular formula is C20H36O7Si. The van der Waals surface area contributed by atoms with Crippen LogP contribution in [0.3, 0.4) is 0 Å². The van der Waals surface area contributed by atoms with E-state index in [9.17, 15) is 4.79 Å². The molecule has 1 aliphatic heterocycles. The Labute approximate surface area is 169 Å². The van der Waals surface area contributed by atoms with Crippen LogP contribution in [0.4, 0.5) is 0 Å². The number of carbonyl (C=O) groups is 1. The first-order valence-electron chi connectivity index (χ1n) is 9.63. The van der Waals surface area contributed by atoms with Crippen molar-refractivity contribution in [3.8, 4) is 0 Å². The lowest BCUT2D eigenvalue weighted by atomic mass is 9.86. The minimum absolute atomic E-state index is 0.0711. The van der Waals surface area contributed by atoms with Gasteiger partial charge >= 0.3 is 5.97 Å². The zero-order valence-corrected chi connectivity index (χ0v) is 19.9. The van der Waals surface area contributed by atoms with E-state index in [1.165, 1.54) is 7.11 Å². The highest BCUT2D eigenvalue weighted by Gasteiger charge is 2.60. The molecule has 2 rings (SSSR count). The fourth-order valence-corrected chi connectivity index (χ4v) is 4.81. The summed E-state index contributed by atoms with van der Waals surface area (Å²) in [6.07, 6.45) is 2.99. The maximum Gasteiger partial charge on any atom is 0.341 e. The van der Waals surface area contributed by atoms with E-state index in [2.05, 4.69) is 33.9 Å². The summed E-state index contributed by atoms with van der Waals surface area (Å²) in [5.74, 6) is -2.68. The van der Waals surface area contributed by atoms with Crippen LogP contribution < -0.4 is 0 Å².